The van der Waals surface area contributed by atoms with Crippen LogP contribution in [0.15, 0.2) is 40.9 Å². The van der Waals surface area contributed by atoms with Crippen LogP contribution in [-0.2, 0) is 25.5 Å². The van der Waals surface area contributed by atoms with Crippen molar-refractivity contribution in [2.45, 2.75) is 97.2 Å². The normalized spacial score (nSPS) is 18.7. The molecule has 1 aliphatic rings. The molecule has 0 bridgehead atoms. The molecule has 218 valence electrons. The molecule has 0 radical (unpaired) electrons. The summed E-state index contributed by atoms with van der Waals surface area (Å²) in [6.07, 6.45) is 1.79. The third kappa shape index (κ3) is 8.58. The summed E-state index contributed by atoms with van der Waals surface area (Å²) in [5.74, 6) is -1.15. The summed E-state index contributed by atoms with van der Waals surface area (Å²) >= 11 is 0. The van der Waals surface area contributed by atoms with Crippen molar-refractivity contribution in [1.82, 2.24) is 15.8 Å². The Morgan fingerprint density at radius 1 is 1.02 bits per heavy atom. The van der Waals surface area contributed by atoms with Gasteiger partial charge in [0.15, 0.2) is 17.3 Å². The highest BCUT2D eigenvalue weighted by molar-refractivity contribution is 5.99. The fourth-order valence-corrected chi connectivity index (χ4v) is 4.66. The second kappa shape index (κ2) is 13.8. The van der Waals surface area contributed by atoms with E-state index in [9.17, 15) is 19.2 Å². The van der Waals surface area contributed by atoms with E-state index >= 15 is 0 Å². The third-order valence-electron chi connectivity index (χ3n) is 7.18. The zero-order valence-corrected chi connectivity index (χ0v) is 24.5. The maximum absolute atomic E-state index is 13.7. The SMILES string of the molecule is CCC[C@H](NC(=O)c1cc(C(C)C)on1)C(=O)C[C@@H](Cc1ccccc1)C(=O)N[C@@H](CC(C)C)C(=O)[C@@]1(C)CO1. The molecule has 2 amide bonds. The molecule has 0 unspecified atom stereocenters. The van der Waals surface area contributed by atoms with Crippen molar-refractivity contribution in [3.8, 4) is 0 Å². The molecule has 0 spiro atoms. The van der Waals surface area contributed by atoms with Crippen molar-refractivity contribution >= 4 is 23.4 Å². The van der Waals surface area contributed by atoms with Crippen molar-refractivity contribution < 1.29 is 28.4 Å². The topological polar surface area (TPSA) is 131 Å². The number of nitrogens with zero attached hydrogens (tertiary/aromatic N) is 1. The number of ketones is 2. The molecule has 3 rings (SSSR count). The number of nitrogens with one attached hydrogen (secondary N) is 2. The molecule has 2 heterocycles. The van der Waals surface area contributed by atoms with Crippen molar-refractivity contribution in [3.05, 3.63) is 53.4 Å². The summed E-state index contributed by atoms with van der Waals surface area (Å²) in [7, 11) is 0. The number of amides is 2. The van der Waals surface area contributed by atoms with Crippen molar-refractivity contribution in [3.63, 3.8) is 0 Å². The minimum atomic E-state index is -0.870. The van der Waals surface area contributed by atoms with Gasteiger partial charge < -0.3 is 19.9 Å². The van der Waals surface area contributed by atoms with Crippen LogP contribution in [0.4, 0.5) is 0 Å². The van der Waals surface area contributed by atoms with E-state index in [0.29, 0.717) is 38.1 Å². The number of aromatic nitrogens is 1. The molecule has 2 N–H and O–H groups in total. The fraction of sp³-hybridized carbons (Fsp3) is 0.581. The smallest absolute Gasteiger partial charge is 0.274 e. The zero-order chi connectivity index (χ0) is 29.4. The summed E-state index contributed by atoms with van der Waals surface area (Å²) in [4.78, 5) is 53.2. The molecule has 9 nitrogen and oxygen atoms in total. The predicted molar refractivity (Wildman–Crippen MR) is 151 cm³/mol. The van der Waals surface area contributed by atoms with Gasteiger partial charge in [-0.1, -0.05) is 76.5 Å². The summed E-state index contributed by atoms with van der Waals surface area (Å²) in [6, 6.07) is 9.55. The summed E-state index contributed by atoms with van der Waals surface area (Å²) in [5, 5.41) is 9.58. The van der Waals surface area contributed by atoms with Gasteiger partial charge in [0.05, 0.1) is 18.7 Å². The van der Waals surface area contributed by atoms with Gasteiger partial charge in [-0.15, -0.1) is 0 Å². The van der Waals surface area contributed by atoms with E-state index in [1.165, 1.54) is 0 Å². The van der Waals surface area contributed by atoms with Gasteiger partial charge in [-0.2, -0.15) is 0 Å². The van der Waals surface area contributed by atoms with Crippen LogP contribution in [0, 0.1) is 11.8 Å². The lowest BCUT2D eigenvalue weighted by Gasteiger charge is -2.25. The molecular formula is C31H43N3O6. The zero-order valence-electron chi connectivity index (χ0n) is 24.5. The minimum absolute atomic E-state index is 0.0693. The van der Waals surface area contributed by atoms with Gasteiger partial charge in [-0.3, -0.25) is 19.2 Å². The number of hydrogen-bond donors (Lipinski definition) is 2. The number of hydrogen-bond acceptors (Lipinski definition) is 7. The summed E-state index contributed by atoms with van der Waals surface area (Å²) in [5.41, 5.74) is 0.145. The molecule has 9 heteroatoms. The molecule has 0 aliphatic carbocycles. The average Bonchev–Trinajstić information content (AvgIpc) is 3.45. The number of rotatable bonds is 16. The molecule has 1 aromatic heterocycles. The Morgan fingerprint density at radius 3 is 2.25 bits per heavy atom. The summed E-state index contributed by atoms with van der Waals surface area (Å²) < 4.78 is 10.6. The second-order valence-electron chi connectivity index (χ2n) is 11.7. The number of carbonyl (C=O) groups is 4. The molecule has 40 heavy (non-hydrogen) atoms. The first-order chi connectivity index (χ1) is 18.9. The Hall–Kier alpha value is -3.33. The first kappa shape index (κ1) is 31.2. The van der Waals surface area contributed by atoms with Crippen LogP contribution in [0.2, 0.25) is 0 Å². The van der Waals surface area contributed by atoms with Gasteiger partial charge in [0, 0.05) is 24.3 Å². The molecule has 0 saturated carbocycles. The Balaban J connectivity index is 1.78. The van der Waals surface area contributed by atoms with Crippen LogP contribution in [0.1, 0.15) is 95.0 Å². The van der Waals surface area contributed by atoms with Gasteiger partial charge in [-0.25, -0.2) is 0 Å². The maximum Gasteiger partial charge on any atom is 0.274 e. The van der Waals surface area contributed by atoms with Crippen LogP contribution >= 0.6 is 0 Å². The molecule has 1 saturated heterocycles. The van der Waals surface area contributed by atoms with E-state index in [2.05, 4.69) is 15.8 Å². The number of benzene rings is 1. The Labute approximate surface area is 236 Å². The van der Waals surface area contributed by atoms with Gasteiger partial charge in [0.25, 0.3) is 5.91 Å². The molecule has 1 aromatic carbocycles. The monoisotopic (exact) mass is 553 g/mol. The number of carbonyl (C=O) groups excluding carboxylic acids is 4. The van der Waals surface area contributed by atoms with E-state index in [1.54, 1.807) is 13.0 Å². The molecule has 1 fully saturated rings. The van der Waals surface area contributed by atoms with E-state index in [1.807, 2.05) is 65.0 Å². The first-order valence-corrected chi connectivity index (χ1v) is 14.3. The van der Waals surface area contributed by atoms with Crippen LogP contribution < -0.4 is 10.6 Å². The maximum atomic E-state index is 13.7. The number of Topliss-reactive ketones (excluding diaryl/α,β-unsaturated/α-hetero) is 2. The average molecular weight is 554 g/mol. The second-order valence-corrected chi connectivity index (χ2v) is 11.7. The number of epoxide rings is 1. The van der Waals surface area contributed by atoms with Crippen LogP contribution in [0.5, 0.6) is 0 Å². The van der Waals surface area contributed by atoms with Gasteiger partial charge in [-0.05, 0) is 37.7 Å². The number of ether oxygens (including phenoxy) is 1. The van der Waals surface area contributed by atoms with E-state index in [4.69, 9.17) is 9.26 Å². The quantitative estimate of drug-likeness (QED) is 0.295. The lowest BCUT2D eigenvalue weighted by molar-refractivity contribution is -0.134. The highest BCUT2D eigenvalue weighted by Gasteiger charge is 2.50. The fourth-order valence-electron chi connectivity index (χ4n) is 4.66. The van der Waals surface area contributed by atoms with Gasteiger partial charge >= 0.3 is 0 Å². The molecular weight excluding hydrogens is 510 g/mol. The molecule has 1 aliphatic heterocycles. The lowest BCUT2D eigenvalue weighted by Crippen LogP contribution is -2.49. The molecule has 2 aromatic rings. The standard InChI is InChI=1S/C31H43N3O6/c1-7-11-23(32-30(38)25-17-27(20(4)5)40-34-25)26(35)16-22(15-21-12-9-8-10-13-21)29(37)33-24(14-19(2)3)28(36)31(6)18-39-31/h8-10,12-13,17,19-20,22-24H,7,11,14-16,18H2,1-6H3,(H,32,38)(H,33,37)/t22-,23+,24+,31-/m1/s1. The Morgan fingerprint density at radius 2 is 1.70 bits per heavy atom. The lowest BCUT2D eigenvalue weighted by atomic mass is 9.88. The van der Waals surface area contributed by atoms with E-state index in [0.717, 1.165) is 5.56 Å². The van der Waals surface area contributed by atoms with Crippen LogP contribution in [0.3, 0.4) is 0 Å². The first-order valence-electron chi connectivity index (χ1n) is 14.3. The van der Waals surface area contributed by atoms with Gasteiger partial charge in [0.2, 0.25) is 5.91 Å². The molecule has 4 atom stereocenters. The van der Waals surface area contributed by atoms with Crippen molar-refractivity contribution in [2.24, 2.45) is 11.8 Å². The minimum Gasteiger partial charge on any atom is -0.361 e. The Bertz CT molecular complexity index is 1170. The van der Waals surface area contributed by atoms with Crippen LogP contribution in [-0.4, -0.2) is 52.8 Å². The highest BCUT2D eigenvalue weighted by atomic mass is 16.6. The highest BCUT2D eigenvalue weighted by Crippen LogP contribution is 2.30. The summed E-state index contributed by atoms with van der Waals surface area (Å²) in [6.45, 7) is 11.8. The van der Waals surface area contributed by atoms with E-state index < -0.39 is 29.5 Å². The van der Waals surface area contributed by atoms with Gasteiger partial charge in [0.1, 0.15) is 11.4 Å². The third-order valence-corrected chi connectivity index (χ3v) is 7.18. The Kier molecular flexibility index (Phi) is 10.8. The largest absolute Gasteiger partial charge is 0.361 e. The van der Waals surface area contributed by atoms with Crippen molar-refractivity contribution in [2.75, 3.05) is 6.61 Å². The van der Waals surface area contributed by atoms with Crippen molar-refractivity contribution in [1.29, 1.82) is 0 Å². The van der Waals surface area contributed by atoms with E-state index in [-0.39, 0.29) is 41.4 Å². The predicted octanol–water partition coefficient (Wildman–Crippen LogP) is 4.40. The van der Waals surface area contributed by atoms with Crippen LogP contribution in [0.25, 0.3) is 0 Å².